The first-order valence-electron chi connectivity index (χ1n) is 9.79. The SMILES string of the molecule is CCNC(=NCc1cccc(OCC(N)=O)c1)N1CCN(Cc2ccon2)CC1.I. The van der Waals surface area contributed by atoms with Crippen molar-refractivity contribution in [3.63, 3.8) is 0 Å². The molecule has 0 saturated carbocycles. The Bertz CT molecular complexity index is 807. The molecule has 2 heterocycles. The van der Waals surface area contributed by atoms with Crippen molar-refractivity contribution in [3.05, 3.63) is 47.9 Å². The predicted molar refractivity (Wildman–Crippen MR) is 125 cm³/mol. The molecule has 1 fully saturated rings. The van der Waals surface area contributed by atoms with E-state index in [1.807, 2.05) is 24.3 Å². The third-order valence-corrected chi connectivity index (χ3v) is 4.57. The van der Waals surface area contributed by atoms with Gasteiger partial charge in [-0.15, -0.1) is 24.0 Å². The number of nitrogens with one attached hydrogen (secondary N) is 1. The van der Waals surface area contributed by atoms with E-state index < -0.39 is 5.91 Å². The molecule has 1 aromatic heterocycles. The first-order chi connectivity index (χ1) is 14.1. The molecule has 2 aromatic rings. The molecule has 1 amide bonds. The lowest BCUT2D eigenvalue weighted by Crippen LogP contribution is -2.52. The number of amides is 1. The average molecular weight is 528 g/mol. The highest BCUT2D eigenvalue weighted by Crippen LogP contribution is 2.14. The van der Waals surface area contributed by atoms with Gasteiger partial charge in [0.25, 0.3) is 5.91 Å². The predicted octanol–water partition coefficient (Wildman–Crippen LogP) is 1.44. The van der Waals surface area contributed by atoms with Crippen LogP contribution >= 0.6 is 24.0 Å². The number of nitrogens with two attached hydrogens (primary N) is 1. The van der Waals surface area contributed by atoms with E-state index in [1.165, 1.54) is 0 Å². The van der Waals surface area contributed by atoms with Crippen LogP contribution in [0, 0.1) is 0 Å². The minimum atomic E-state index is -0.495. The highest BCUT2D eigenvalue weighted by Gasteiger charge is 2.20. The first-order valence-corrected chi connectivity index (χ1v) is 9.79. The van der Waals surface area contributed by atoms with E-state index in [2.05, 4.69) is 27.2 Å². The summed E-state index contributed by atoms with van der Waals surface area (Å²) < 4.78 is 10.3. The van der Waals surface area contributed by atoms with Gasteiger partial charge in [-0.1, -0.05) is 17.3 Å². The summed E-state index contributed by atoms with van der Waals surface area (Å²) in [4.78, 5) is 20.3. The topological polar surface area (TPSA) is 109 Å². The molecule has 1 saturated heterocycles. The van der Waals surface area contributed by atoms with Gasteiger partial charge in [-0.3, -0.25) is 9.69 Å². The fourth-order valence-corrected chi connectivity index (χ4v) is 3.15. The number of benzene rings is 1. The molecule has 164 valence electrons. The molecule has 1 aliphatic heterocycles. The smallest absolute Gasteiger partial charge is 0.255 e. The van der Waals surface area contributed by atoms with Gasteiger partial charge in [0.15, 0.2) is 12.6 Å². The van der Waals surface area contributed by atoms with E-state index in [4.69, 9.17) is 20.0 Å². The number of primary amides is 1. The van der Waals surface area contributed by atoms with Crippen molar-refractivity contribution in [3.8, 4) is 5.75 Å². The van der Waals surface area contributed by atoms with Crippen LogP contribution < -0.4 is 15.8 Å². The van der Waals surface area contributed by atoms with Gasteiger partial charge in [-0.25, -0.2) is 4.99 Å². The lowest BCUT2D eigenvalue weighted by molar-refractivity contribution is -0.119. The molecule has 0 aliphatic carbocycles. The number of carbonyl (C=O) groups is 1. The molecule has 9 nitrogen and oxygen atoms in total. The summed E-state index contributed by atoms with van der Waals surface area (Å²) in [6, 6.07) is 9.46. The van der Waals surface area contributed by atoms with E-state index in [-0.39, 0.29) is 30.6 Å². The zero-order chi connectivity index (χ0) is 20.5. The molecule has 0 spiro atoms. The standard InChI is InChI=1S/C20H28N6O3.HI/c1-2-22-20(23-13-16-4-3-5-18(12-16)28-15-19(21)27)26-9-7-25(8-10-26)14-17-6-11-29-24-17;/h3-6,11-12H,2,7-10,13-15H2,1H3,(H2,21,27)(H,22,23);1H. The van der Waals surface area contributed by atoms with Crippen molar-refractivity contribution < 1.29 is 14.1 Å². The third kappa shape index (κ3) is 7.48. The van der Waals surface area contributed by atoms with Crippen LogP contribution in [-0.4, -0.2) is 66.2 Å². The van der Waals surface area contributed by atoms with Crippen molar-refractivity contribution >= 4 is 35.8 Å². The number of carbonyl (C=O) groups excluding carboxylic acids is 1. The summed E-state index contributed by atoms with van der Waals surface area (Å²) in [5.74, 6) is 1.02. The Hall–Kier alpha value is -2.34. The summed E-state index contributed by atoms with van der Waals surface area (Å²) in [5, 5.41) is 7.36. The Labute approximate surface area is 193 Å². The summed E-state index contributed by atoms with van der Waals surface area (Å²) >= 11 is 0. The highest BCUT2D eigenvalue weighted by atomic mass is 127. The Morgan fingerprint density at radius 2 is 2.10 bits per heavy atom. The van der Waals surface area contributed by atoms with Gasteiger partial charge in [0, 0.05) is 45.3 Å². The lowest BCUT2D eigenvalue weighted by atomic mass is 10.2. The summed E-state index contributed by atoms with van der Waals surface area (Å²) in [5.41, 5.74) is 7.09. The van der Waals surface area contributed by atoms with E-state index in [0.29, 0.717) is 12.3 Å². The molecule has 1 aliphatic rings. The van der Waals surface area contributed by atoms with Crippen molar-refractivity contribution in [2.24, 2.45) is 10.7 Å². The molecule has 30 heavy (non-hydrogen) atoms. The zero-order valence-electron chi connectivity index (χ0n) is 17.1. The molecule has 0 radical (unpaired) electrons. The number of nitrogens with zero attached hydrogens (tertiary/aromatic N) is 4. The number of aromatic nitrogens is 1. The lowest BCUT2D eigenvalue weighted by Gasteiger charge is -2.36. The van der Waals surface area contributed by atoms with E-state index in [9.17, 15) is 4.79 Å². The van der Waals surface area contributed by atoms with Crippen LogP contribution in [0.2, 0.25) is 0 Å². The average Bonchev–Trinajstić information content (AvgIpc) is 3.24. The Kier molecular flexibility index (Phi) is 9.87. The van der Waals surface area contributed by atoms with E-state index in [0.717, 1.165) is 56.5 Å². The van der Waals surface area contributed by atoms with Crippen LogP contribution in [0.3, 0.4) is 0 Å². The van der Waals surface area contributed by atoms with Crippen LogP contribution in [0.1, 0.15) is 18.2 Å². The van der Waals surface area contributed by atoms with Crippen molar-refractivity contribution in [2.45, 2.75) is 20.0 Å². The Balaban J connectivity index is 0.00000320. The van der Waals surface area contributed by atoms with Crippen LogP contribution in [0.25, 0.3) is 0 Å². The molecule has 0 bridgehead atoms. The van der Waals surface area contributed by atoms with Crippen molar-refractivity contribution in [1.82, 2.24) is 20.3 Å². The van der Waals surface area contributed by atoms with Crippen LogP contribution in [-0.2, 0) is 17.9 Å². The van der Waals surface area contributed by atoms with Gasteiger partial charge in [0.2, 0.25) is 0 Å². The number of ether oxygens (including phenoxy) is 1. The fourth-order valence-electron chi connectivity index (χ4n) is 3.15. The second kappa shape index (κ2) is 12.4. The second-order valence-corrected chi connectivity index (χ2v) is 6.83. The molecular weight excluding hydrogens is 499 g/mol. The number of hydrogen-bond acceptors (Lipinski definition) is 6. The molecule has 10 heteroatoms. The largest absolute Gasteiger partial charge is 0.484 e. The maximum atomic E-state index is 10.9. The molecule has 1 aromatic carbocycles. The number of guanidine groups is 1. The van der Waals surface area contributed by atoms with Crippen LogP contribution in [0.15, 0.2) is 46.1 Å². The van der Waals surface area contributed by atoms with Gasteiger partial charge < -0.3 is 25.2 Å². The van der Waals surface area contributed by atoms with Gasteiger partial charge in [0.05, 0.1) is 12.2 Å². The van der Waals surface area contributed by atoms with Gasteiger partial charge >= 0.3 is 0 Å². The van der Waals surface area contributed by atoms with Gasteiger partial charge in [-0.2, -0.15) is 0 Å². The monoisotopic (exact) mass is 528 g/mol. The Morgan fingerprint density at radius 1 is 1.30 bits per heavy atom. The minimum Gasteiger partial charge on any atom is -0.484 e. The second-order valence-electron chi connectivity index (χ2n) is 6.83. The number of piperazine rings is 1. The fraction of sp³-hybridized carbons (Fsp3) is 0.450. The number of aliphatic imine (C=N–C) groups is 1. The molecular formula is C20H29IN6O3. The first kappa shape index (κ1) is 23.9. The highest BCUT2D eigenvalue weighted by molar-refractivity contribution is 14.0. The molecule has 3 rings (SSSR count). The van der Waals surface area contributed by atoms with Gasteiger partial charge in [0.1, 0.15) is 12.0 Å². The zero-order valence-corrected chi connectivity index (χ0v) is 19.5. The van der Waals surface area contributed by atoms with E-state index >= 15 is 0 Å². The van der Waals surface area contributed by atoms with Crippen molar-refractivity contribution in [2.75, 3.05) is 39.3 Å². The minimum absolute atomic E-state index is 0. The summed E-state index contributed by atoms with van der Waals surface area (Å²) in [7, 11) is 0. The maximum Gasteiger partial charge on any atom is 0.255 e. The summed E-state index contributed by atoms with van der Waals surface area (Å²) in [6.45, 7) is 7.73. The molecule has 0 unspecified atom stereocenters. The summed E-state index contributed by atoms with van der Waals surface area (Å²) in [6.07, 6.45) is 1.61. The number of rotatable bonds is 8. The quantitative estimate of drug-likeness (QED) is 0.303. The normalized spacial score (nSPS) is 14.8. The van der Waals surface area contributed by atoms with Crippen LogP contribution in [0.4, 0.5) is 0 Å². The van der Waals surface area contributed by atoms with Crippen molar-refractivity contribution in [1.29, 1.82) is 0 Å². The van der Waals surface area contributed by atoms with Gasteiger partial charge in [-0.05, 0) is 24.6 Å². The third-order valence-electron chi connectivity index (χ3n) is 4.57. The van der Waals surface area contributed by atoms with E-state index in [1.54, 1.807) is 12.3 Å². The number of halogens is 1. The molecule has 0 atom stereocenters. The Morgan fingerprint density at radius 3 is 2.77 bits per heavy atom. The van der Waals surface area contributed by atoms with Crippen LogP contribution in [0.5, 0.6) is 5.75 Å². The maximum absolute atomic E-state index is 10.9. The molecule has 3 N–H and O–H groups in total. The number of hydrogen-bond donors (Lipinski definition) is 2.